The average Bonchev–Trinajstić information content (AvgIpc) is 3.20. The predicted molar refractivity (Wildman–Crippen MR) is 114 cm³/mol. The summed E-state index contributed by atoms with van der Waals surface area (Å²) in [5, 5.41) is 0.836. The van der Waals surface area contributed by atoms with E-state index in [-0.39, 0.29) is 11.1 Å². The molecule has 0 aliphatic carbocycles. The number of carbonyl (C=O) groups excluding carboxylic acids is 2. The molecule has 4 rings (SSSR count). The molecule has 0 bridgehead atoms. The maximum atomic E-state index is 12.2. The third-order valence-electron chi connectivity index (χ3n) is 4.30. The number of imidazole rings is 1. The number of hydrogen-bond acceptors (Lipinski definition) is 5. The first-order valence-corrected chi connectivity index (χ1v) is 10.0. The molecule has 0 aliphatic rings. The summed E-state index contributed by atoms with van der Waals surface area (Å²) in [5.74, 6) is -0.271. The molecule has 0 atom stereocenters. The molecule has 0 spiro atoms. The summed E-state index contributed by atoms with van der Waals surface area (Å²) in [6.45, 7) is 0. The normalized spacial score (nSPS) is 10.7. The van der Waals surface area contributed by atoms with Crippen molar-refractivity contribution in [2.24, 2.45) is 0 Å². The molecule has 0 radical (unpaired) electrons. The SMILES string of the molecule is O=C(NNC(=O)c1ccc(=O)[nH]c1)c1ccc(CSc2nc3ccccc3[nH]2)cc1. The number of aromatic amines is 2. The van der Waals surface area contributed by atoms with Gasteiger partial charge in [0.2, 0.25) is 5.56 Å². The first kappa shape index (κ1) is 19.5. The predicted octanol–water partition coefficient (Wildman–Crippen LogP) is 2.62. The van der Waals surface area contributed by atoms with Crippen molar-refractivity contribution in [3.05, 3.63) is 93.9 Å². The first-order valence-electron chi connectivity index (χ1n) is 9.04. The Morgan fingerprint density at radius 1 is 0.900 bits per heavy atom. The number of pyridine rings is 1. The molecule has 8 nitrogen and oxygen atoms in total. The van der Waals surface area contributed by atoms with Gasteiger partial charge in [0.1, 0.15) is 0 Å². The highest BCUT2D eigenvalue weighted by Gasteiger charge is 2.10. The van der Waals surface area contributed by atoms with Crippen LogP contribution in [0.1, 0.15) is 26.3 Å². The number of H-pyrrole nitrogens is 2. The number of aromatic nitrogens is 3. The van der Waals surface area contributed by atoms with Crippen LogP contribution in [0.25, 0.3) is 11.0 Å². The summed E-state index contributed by atoms with van der Waals surface area (Å²) in [5.41, 5.74) is 7.96. The van der Waals surface area contributed by atoms with Crippen LogP contribution < -0.4 is 16.4 Å². The smallest absolute Gasteiger partial charge is 0.271 e. The van der Waals surface area contributed by atoms with Crippen molar-refractivity contribution in [3.8, 4) is 0 Å². The second-order valence-electron chi connectivity index (χ2n) is 6.39. The minimum absolute atomic E-state index is 0.229. The molecule has 2 aromatic heterocycles. The van der Waals surface area contributed by atoms with Crippen LogP contribution in [0.5, 0.6) is 0 Å². The standard InChI is InChI=1S/C21H17N5O3S/c27-18-10-9-15(11-22-18)20(29)26-25-19(28)14-7-5-13(6-8-14)12-30-21-23-16-3-1-2-4-17(16)24-21/h1-11H,12H2,(H,22,27)(H,23,24)(H,25,28)(H,26,29). The van der Waals surface area contributed by atoms with Gasteiger partial charge < -0.3 is 9.97 Å². The molecule has 0 fully saturated rings. The molecule has 0 saturated carbocycles. The van der Waals surface area contributed by atoms with Gasteiger partial charge in [0.25, 0.3) is 11.8 Å². The zero-order valence-corrected chi connectivity index (χ0v) is 16.5. The van der Waals surface area contributed by atoms with Crippen LogP contribution in [0, 0.1) is 0 Å². The van der Waals surface area contributed by atoms with E-state index in [9.17, 15) is 14.4 Å². The van der Waals surface area contributed by atoms with E-state index in [0.717, 1.165) is 21.8 Å². The van der Waals surface area contributed by atoms with Crippen LogP contribution in [0.4, 0.5) is 0 Å². The van der Waals surface area contributed by atoms with Gasteiger partial charge in [0, 0.05) is 23.6 Å². The highest BCUT2D eigenvalue weighted by molar-refractivity contribution is 7.98. The fraction of sp³-hybridized carbons (Fsp3) is 0.0476. The van der Waals surface area contributed by atoms with E-state index in [1.807, 2.05) is 36.4 Å². The molecule has 150 valence electrons. The van der Waals surface area contributed by atoms with Crippen LogP contribution in [-0.4, -0.2) is 26.8 Å². The van der Waals surface area contributed by atoms with E-state index in [1.54, 1.807) is 23.9 Å². The Hall–Kier alpha value is -3.85. The number of amides is 2. The number of carbonyl (C=O) groups is 2. The first-order chi connectivity index (χ1) is 14.6. The second kappa shape index (κ2) is 8.66. The van der Waals surface area contributed by atoms with Crippen molar-refractivity contribution in [2.45, 2.75) is 10.9 Å². The number of hydrazine groups is 1. The molecule has 4 aromatic rings. The Morgan fingerprint density at radius 3 is 2.30 bits per heavy atom. The average molecular weight is 419 g/mol. The Kier molecular flexibility index (Phi) is 5.62. The number of fused-ring (bicyclic) bond motifs is 1. The van der Waals surface area contributed by atoms with Gasteiger partial charge in [-0.2, -0.15) is 0 Å². The van der Waals surface area contributed by atoms with Gasteiger partial charge in [0.05, 0.1) is 16.6 Å². The van der Waals surface area contributed by atoms with Gasteiger partial charge in [-0.1, -0.05) is 36.0 Å². The lowest BCUT2D eigenvalue weighted by Crippen LogP contribution is -2.41. The number of rotatable bonds is 5. The Morgan fingerprint density at radius 2 is 1.60 bits per heavy atom. The maximum Gasteiger partial charge on any atom is 0.271 e. The molecule has 9 heteroatoms. The van der Waals surface area contributed by atoms with Crippen LogP contribution in [0.3, 0.4) is 0 Å². The largest absolute Gasteiger partial charge is 0.333 e. The molecular formula is C21H17N5O3S. The zero-order valence-electron chi connectivity index (χ0n) is 15.6. The van der Waals surface area contributed by atoms with Crippen LogP contribution in [0.15, 0.2) is 76.8 Å². The zero-order chi connectivity index (χ0) is 20.9. The topological polar surface area (TPSA) is 120 Å². The van der Waals surface area contributed by atoms with E-state index in [0.29, 0.717) is 11.3 Å². The van der Waals surface area contributed by atoms with Gasteiger partial charge in [0.15, 0.2) is 5.16 Å². The lowest BCUT2D eigenvalue weighted by molar-refractivity contribution is 0.0846. The molecule has 2 aromatic carbocycles. The minimum Gasteiger partial charge on any atom is -0.333 e. The highest BCUT2D eigenvalue weighted by Crippen LogP contribution is 2.23. The van der Waals surface area contributed by atoms with Crippen molar-refractivity contribution in [3.63, 3.8) is 0 Å². The molecule has 0 unspecified atom stereocenters. The van der Waals surface area contributed by atoms with Gasteiger partial charge in [-0.3, -0.25) is 25.2 Å². The number of nitrogens with zero attached hydrogens (tertiary/aromatic N) is 1. The van der Waals surface area contributed by atoms with Crippen molar-refractivity contribution < 1.29 is 9.59 Å². The molecule has 0 saturated heterocycles. The summed E-state index contributed by atoms with van der Waals surface area (Å²) < 4.78 is 0. The third kappa shape index (κ3) is 4.58. The quantitative estimate of drug-likeness (QED) is 0.293. The number of benzene rings is 2. The number of hydrogen-bond donors (Lipinski definition) is 4. The second-order valence-corrected chi connectivity index (χ2v) is 7.36. The lowest BCUT2D eigenvalue weighted by Gasteiger charge is -2.08. The van der Waals surface area contributed by atoms with E-state index >= 15 is 0 Å². The van der Waals surface area contributed by atoms with Gasteiger partial charge in [-0.05, 0) is 35.9 Å². The summed E-state index contributed by atoms with van der Waals surface area (Å²) in [7, 11) is 0. The molecule has 30 heavy (non-hydrogen) atoms. The Labute approximate surface area is 175 Å². The van der Waals surface area contributed by atoms with Gasteiger partial charge in [-0.25, -0.2) is 4.98 Å². The van der Waals surface area contributed by atoms with E-state index < -0.39 is 11.8 Å². The van der Waals surface area contributed by atoms with Gasteiger partial charge in [-0.15, -0.1) is 0 Å². The van der Waals surface area contributed by atoms with Crippen LogP contribution >= 0.6 is 11.8 Å². The van der Waals surface area contributed by atoms with Crippen LogP contribution in [0.2, 0.25) is 0 Å². The fourth-order valence-corrected chi connectivity index (χ4v) is 3.55. The molecule has 2 amide bonds. The maximum absolute atomic E-state index is 12.2. The van der Waals surface area contributed by atoms with Crippen molar-refractivity contribution in [2.75, 3.05) is 0 Å². The summed E-state index contributed by atoms with van der Waals surface area (Å²) in [6.07, 6.45) is 1.28. The fourth-order valence-electron chi connectivity index (χ4n) is 2.71. The number of nitrogens with one attached hydrogen (secondary N) is 4. The van der Waals surface area contributed by atoms with E-state index in [4.69, 9.17) is 0 Å². The highest BCUT2D eigenvalue weighted by atomic mass is 32.2. The Bertz CT molecular complexity index is 1210. The van der Waals surface area contributed by atoms with E-state index in [2.05, 4.69) is 25.8 Å². The molecule has 0 aliphatic heterocycles. The van der Waals surface area contributed by atoms with Crippen molar-refractivity contribution >= 4 is 34.6 Å². The van der Waals surface area contributed by atoms with Crippen LogP contribution in [-0.2, 0) is 5.75 Å². The van der Waals surface area contributed by atoms with Crippen molar-refractivity contribution in [1.29, 1.82) is 0 Å². The van der Waals surface area contributed by atoms with Gasteiger partial charge >= 0.3 is 0 Å². The van der Waals surface area contributed by atoms with E-state index in [1.165, 1.54) is 18.3 Å². The Balaban J connectivity index is 1.31. The lowest BCUT2D eigenvalue weighted by atomic mass is 10.1. The van der Waals surface area contributed by atoms with Crippen molar-refractivity contribution in [1.82, 2.24) is 25.8 Å². The third-order valence-corrected chi connectivity index (χ3v) is 5.24. The number of thioether (sulfide) groups is 1. The summed E-state index contributed by atoms with van der Waals surface area (Å²) in [4.78, 5) is 45.4. The molecule has 2 heterocycles. The summed E-state index contributed by atoms with van der Waals surface area (Å²) in [6, 6.07) is 17.5. The molecular weight excluding hydrogens is 402 g/mol. The summed E-state index contributed by atoms with van der Waals surface area (Å²) >= 11 is 1.58. The molecule has 4 N–H and O–H groups in total. The monoisotopic (exact) mass is 419 g/mol. The number of para-hydroxylation sites is 2. The minimum atomic E-state index is -0.529.